The number of benzene rings is 2. The highest BCUT2D eigenvalue weighted by Crippen LogP contribution is 2.29. The third kappa shape index (κ3) is 7.06. The van der Waals surface area contributed by atoms with E-state index in [1.54, 1.807) is 26.0 Å². The van der Waals surface area contributed by atoms with Crippen molar-refractivity contribution in [1.82, 2.24) is 15.5 Å². The van der Waals surface area contributed by atoms with Crippen molar-refractivity contribution in [3.05, 3.63) is 64.5 Å². The van der Waals surface area contributed by atoms with Gasteiger partial charge in [0, 0.05) is 45.4 Å². The number of ether oxygens (including phenoxy) is 2. The van der Waals surface area contributed by atoms with Gasteiger partial charge < -0.3 is 25.0 Å². The summed E-state index contributed by atoms with van der Waals surface area (Å²) in [6.07, 6.45) is 1.34. The van der Waals surface area contributed by atoms with Crippen LogP contribution in [0, 0.1) is 5.82 Å². The number of aliphatic imine (C=N–C) groups is 1. The average molecular weight is 556 g/mol. The summed E-state index contributed by atoms with van der Waals surface area (Å²) < 4.78 is 24.6. The molecule has 1 aliphatic heterocycles. The number of rotatable bonds is 7. The van der Waals surface area contributed by atoms with Crippen LogP contribution >= 0.6 is 24.0 Å². The maximum absolute atomic E-state index is 13.9. The number of nitrogens with one attached hydrogen (secondary N) is 2. The van der Waals surface area contributed by atoms with Crippen LogP contribution in [0.3, 0.4) is 0 Å². The van der Waals surface area contributed by atoms with E-state index in [-0.39, 0.29) is 42.5 Å². The molecule has 0 unspecified atom stereocenters. The molecule has 0 bridgehead atoms. The molecule has 32 heavy (non-hydrogen) atoms. The number of hydrogen-bond acceptors (Lipinski definition) is 4. The number of carbonyl (C=O) groups is 1. The molecule has 174 valence electrons. The quantitative estimate of drug-likeness (QED) is 0.312. The van der Waals surface area contributed by atoms with Crippen molar-refractivity contribution in [1.29, 1.82) is 0 Å². The minimum Gasteiger partial charge on any atom is -0.467 e. The van der Waals surface area contributed by atoms with E-state index < -0.39 is 0 Å². The van der Waals surface area contributed by atoms with Crippen LogP contribution in [0.4, 0.5) is 4.39 Å². The Kier molecular flexibility index (Phi) is 10.2. The molecule has 2 aromatic carbocycles. The summed E-state index contributed by atoms with van der Waals surface area (Å²) in [6.45, 7) is 1.78. The lowest BCUT2D eigenvalue weighted by Crippen LogP contribution is -2.39. The fraction of sp³-hybridized carbons (Fsp3) is 0.391. The van der Waals surface area contributed by atoms with Crippen molar-refractivity contribution in [3.8, 4) is 5.75 Å². The Hall–Kier alpha value is -2.40. The number of halogens is 2. The first-order valence-corrected chi connectivity index (χ1v) is 10.2. The molecule has 1 heterocycles. The van der Waals surface area contributed by atoms with E-state index in [0.29, 0.717) is 43.4 Å². The first kappa shape index (κ1) is 25.9. The highest BCUT2D eigenvalue weighted by molar-refractivity contribution is 14.0. The van der Waals surface area contributed by atoms with Gasteiger partial charge in [-0.25, -0.2) is 4.39 Å². The van der Waals surface area contributed by atoms with E-state index in [1.165, 1.54) is 12.1 Å². The number of hydrogen-bond donors (Lipinski definition) is 2. The topological polar surface area (TPSA) is 75.2 Å². The summed E-state index contributed by atoms with van der Waals surface area (Å²) in [5.74, 6) is 1.07. The van der Waals surface area contributed by atoms with Gasteiger partial charge in [0.05, 0.1) is 6.61 Å². The van der Waals surface area contributed by atoms with Crippen molar-refractivity contribution in [3.63, 3.8) is 0 Å². The molecule has 0 radical (unpaired) electrons. The summed E-state index contributed by atoms with van der Waals surface area (Å²) in [5.41, 5.74) is 3.29. The summed E-state index contributed by atoms with van der Waals surface area (Å²) in [5, 5.41) is 6.51. The number of amides is 1. The summed E-state index contributed by atoms with van der Waals surface area (Å²) in [4.78, 5) is 17.9. The molecule has 1 amide bonds. The van der Waals surface area contributed by atoms with Crippen LogP contribution in [-0.2, 0) is 24.2 Å². The van der Waals surface area contributed by atoms with Crippen molar-refractivity contribution in [2.24, 2.45) is 4.99 Å². The van der Waals surface area contributed by atoms with E-state index in [9.17, 15) is 9.18 Å². The molecular formula is C23H30FIN4O3. The summed E-state index contributed by atoms with van der Waals surface area (Å²) in [7, 11) is 5.19. The van der Waals surface area contributed by atoms with Crippen LogP contribution in [0.5, 0.6) is 5.75 Å². The Morgan fingerprint density at radius 2 is 1.91 bits per heavy atom. The standard InChI is InChI=1S/C23H29FN4O3.HI/c1-25-23(26-9-7-16-5-4-6-18(11-16)22(29)28(2)3)27-10-8-17-12-20(24)13-19-14-30-15-31-21(17)19;/h4-6,11-13H,7-10,14-15H2,1-3H3,(H2,25,26,27);1H. The van der Waals surface area contributed by atoms with E-state index in [2.05, 4.69) is 15.6 Å². The van der Waals surface area contributed by atoms with E-state index in [0.717, 1.165) is 23.1 Å². The van der Waals surface area contributed by atoms with Gasteiger partial charge in [0.1, 0.15) is 11.6 Å². The van der Waals surface area contributed by atoms with Crippen molar-refractivity contribution in [2.45, 2.75) is 19.4 Å². The minimum absolute atomic E-state index is 0. The van der Waals surface area contributed by atoms with Gasteiger partial charge in [0.25, 0.3) is 5.91 Å². The molecule has 0 spiro atoms. The Bertz CT molecular complexity index is 953. The molecular weight excluding hydrogens is 526 g/mol. The molecule has 0 saturated heterocycles. The van der Waals surface area contributed by atoms with Gasteiger partial charge in [0.15, 0.2) is 12.8 Å². The number of nitrogens with zero attached hydrogens (tertiary/aromatic N) is 2. The van der Waals surface area contributed by atoms with Crippen molar-refractivity contribution >= 4 is 35.8 Å². The number of carbonyl (C=O) groups excluding carboxylic acids is 1. The van der Waals surface area contributed by atoms with Crippen LogP contribution in [0.1, 0.15) is 27.0 Å². The highest BCUT2D eigenvalue weighted by atomic mass is 127. The zero-order valence-corrected chi connectivity index (χ0v) is 20.9. The van der Waals surface area contributed by atoms with Crippen LogP contribution in [-0.4, -0.2) is 57.8 Å². The molecule has 0 saturated carbocycles. The van der Waals surface area contributed by atoms with Gasteiger partial charge in [-0.05, 0) is 48.2 Å². The van der Waals surface area contributed by atoms with Crippen molar-refractivity contribution < 1.29 is 18.7 Å². The molecule has 2 N–H and O–H groups in total. The van der Waals surface area contributed by atoms with Gasteiger partial charge in [-0.15, -0.1) is 24.0 Å². The smallest absolute Gasteiger partial charge is 0.253 e. The SMILES string of the molecule is CN=C(NCCc1cccc(C(=O)N(C)C)c1)NCCc1cc(F)cc2c1OCOC2.I. The molecule has 0 aliphatic carbocycles. The fourth-order valence-electron chi connectivity index (χ4n) is 3.42. The maximum atomic E-state index is 13.9. The second-order valence-electron chi connectivity index (χ2n) is 7.49. The van der Waals surface area contributed by atoms with Gasteiger partial charge in [-0.3, -0.25) is 9.79 Å². The minimum atomic E-state index is -0.291. The lowest BCUT2D eigenvalue weighted by atomic mass is 10.1. The Morgan fingerprint density at radius 3 is 2.62 bits per heavy atom. The number of fused-ring (bicyclic) bond motifs is 1. The second kappa shape index (κ2) is 12.6. The zero-order chi connectivity index (χ0) is 22.2. The molecule has 9 heteroatoms. The maximum Gasteiger partial charge on any atom is 0.253 e. The molecule has 0 fully saturated rings. The molecule has 0 aromatic heterocycles. The summed E-state index contributed by atoms with van der Waals surface area (Å²) >= 11 is 0. The molecule has 2 aromatic rings. The van der Waals surface area contributed by atoms with Crippen LogP contribution in [0.2, 0.25) is 0 Å². The first-order valence-electron chi connectivity index (χ1n) is 10.2. The Morgan fingerprint density at radius 1 is 1.16 bits per heavy atom. The van der Waals surface area contributed by atoms with Gasteiger partial charge >= 0.3 is 0 Å². The predicted octanol–water partition coefficient (Wildman–Crippen LogP) is 2.96. The molecule has 0 atom stereocenters. The molecule has 7 nitrogen and oxygen atoms in total. The van der Waals surface area contributed by atoms with Crippen LogP contribution in [0.25, 0.3) is 0 Å². The third-order valence-corrected chi connectivity index (χ3v) is 4.95. The van der Waals surface area contributed by atoms with E-state index >= 15 is 0 Å². The Balaban J connectivity index is 0.00000363. The second-order valence-corrected chi connectivity index (χ2v) is 7.49. The normalized spacial score (nSPS) is 12.8. The Labute approximate surface area is 205 Å². The lowest BCUT2D eigenvalue weighted by Gasteiger charge is -2.21. The van der Waals surface area contributed by atoms with Crippen LogP contribution in [0.15, 0.2) is 41.4 Å². The van der Waals surface area contributed by atoms with Gasteiger partial charge in [-0.1, -0.05) is 12.1 Å². The van der Waals surface area contributed by atoms with Gasteiger partial charge in [0.2, 0.25) is 0 Å². The predicted molar refractivity (Wildman–Crippen MR) is 133 cm³/mol. The average Bonchev–Trinajstić information content (AvgIpc) is 2.77. The molecule has 1 aliphatic rings. The number of guanidine groups is 1. The fourth-order valence-corrected chi connectivity index (χ4v) is 3.42. The van der Waals surface area contributed by atoms with E-state index in [1.807, 2.05) is 24.3 Å². The largest absolute Gasteiger partial charge is 0.467 e. The third-order valence-electron chi connectivity index (χ3n) is 4.95. The first-order chi connectivity index (χ1) is 15.0. The summed E-state index contributed by atoms with van der Waals surface area (Å²) in [6, 6.07) is 10.6. The van der Waals surface area contributed by atoms with Crippen molar-refractivity contribution in [2.75, 3.05) is 41.0 Å². The molecule has 3 rings (SSSR count). The highest BCUT2D eigenvalue weighted by Gasteiger charge is 2.16. The monoisotopic (exact) mass is 556 g/mol. The van der Waals surface area contributed by atoms with Gasteiger partial charge in [-0.2, -0.15) is 0 Å². The van der Waals surface area contributed by atoms with E-state index in [4.69, 9.17) is 9.47 Å². The lowest BCUT2D eigenvalue weighted by molar-refractivity contribution is -0.0172. The zero-order valence-electron chi connectivity index (χ0n) is 18.6. The van der Waals surface area contributed by atoms with Crippen LogP contribution < -0.4 is 15.4 Å².